The van der Waals surface area contributed by atoms with Crippen LogP contribution in [0, 0.1) is 0 Å². The molecule has 0 heterocycles. The normalized spacial score (nSPS) is 14.2. The van der Waals surface area contributed by atoms with E-state index in [0.29, 0.717) is 11.3 Å². The van der Waals surface area contributed by atoms with Crippen LogP contribution in [0.25, 0.3) is 0 Å². The van der Waals surface area contributed by atoms with E-state index in [1.807, 2.05) is 30.3 Å². The molecule has 0 unspecified atom stereocenters. The molecule has 0 radical (unpaired) electrons. The van der Waals surface area contributed by atoms with Crippen LogP contribution >= 0.6 is 0 Å². The number of anilines is 1. The maximum Gasteiger partial charge on any atom is 0.251 e. The predicted molar refractivity (Wildman–Crippen MR) is 137 cm³/mol. The van der Waals surface area contributed by atoms with Crippen molar-refractivity contribution in [3.05, 3.63) is 101 Å². The van der Waals surface area contributed by atoms with E-state index in [1.54, 1.807) is 24.3 Å². The first-order valence-corrected chi connectivity index (χ1v) is 13.7. The van der Waals surface area contributed by atoms with E-state index in [-0.39, 0.29) is 18.5 Å². The molecule has 5 nitrogen and oxygen atoms in total. The smallest absolute Gasteiger partial charge is 0.251 e. The molecule has 178 valence electrons. The van der Waals surface area contributed by atoms with Gasteiger partial charge in [-0.05, 0) is 78.6 Å². The van der Waals surface area contributed by atoms with Gasteiger partial charge in [-0.1, -0.05) is 55.5 Å². The van der Waals surface area contributed by atoms with Crippen LogP contribution in [-0.2, 0) is 29.4 Å². The Morgan fingerprint density at radius 1 is 0.941 bits per heavy atom. The van der Waals surface area contributed by atoms with Crippen LogP contribution in [0.2, 0.25) is 0 Å². The molecule has 3 aromatic carbocycles. The average molecular weight is 477 g/mol. The van der Waals surface area contributed by atoms with Crippen molar-refractivity contribution in [3.63, 3.8) is 0 Å². The molecule has 0 bridgehead atoms. The maximum atomic E-state index is 13.0. The topological polar surface area (TPSA) is 66.5 Å². The summed E-state index contributed by atoms with van der Waals surface area (Å²) in [7, 11) is -3.45. The summed E-state index contributed by atoms with van der Waals surface area (Å²) in [5.41, 5.74) is 5.99. The summed E-state index contributed by atoms with van der Waals surface area (Å²) in [6.07, 6.45) is 6.75. The Kier molecular flexibility index (Phi) is 7.37. The fourth-order valence-corrected chi connectivity index (χ4v) is 5.44. The number of aryl methyl sites for hydroxylation is 2. The molecule has 0 aliphatic heterocycles. The van der Waals surface area contributed by atoms with Gasteiger partial charge < -0.3 is 5.32 Å². The highest BCUT2D eigenvalue weighted by molar-refractivity contribution is 7.92. The number of rotatable bonds is 8. The Hall–Kier alpha value is -3.12. The van der Waals surface area contributed by atoms with Gasteiger partial charge in [-0.2, -0.15) is 0 Å². The van der Waals surface area contributed by atoms with Crippen LogP contribution in [0.5, 0.6) is 0 Å². The van der Waals surface area contributed by atoms with Crippen molar-refractivity contribution in [2.24, 2.45) is 0 Å². The number of sulfonamides is 1. The molecule has 1 atom stereocenters. The molecule has 34 heavy (non-hydrogen) atoms. The van der Waals surface area contributed by atoms with E-state index in [4.69, 9.17) is 0 Å². The summed E-state index contributed by atoms with van der Waals surface area (Å²) in [6.45, 7) is 2.29. The van der Waals surface area contributed by atoms with E-state index in [9.17, 15) is 13.2 Å². The van der Waals surface area contributed by atoms with E-state index >= 15 is 0 Å². The highest BCUT2D eigenvalue weighted by atomic mass is 32.2. The van der Waals surface area contributed by atoms with Gasteiger partial charge in [-0.25, -0.2) is 8.42 Å². The zero-order valence-electron chi connectivity index (χ0n) is 19.8. The lowest BCUT2D eigenvalue weighted by Gasteiger charge is -2.23. The van der Waals surface area contributed by atoms with Gasteiger partial charge in [-0.15, -0.1) is 0 Å². The number of amides is 1. The van der Waals surface area contributed by atoms with Gasteiger partial charge in [-0.3, -0.25) is 9.10 Å². The number of nitrogens with one attached hydrogen (secondary N) is 1. The van der Waals surface area contributed by atoms with Crippen molar-refractivity contribution in [3.8, 4) is 0 Å². The van der Waals surface area contributed by atoms with Crippen LogP contribution in [0.15, 0.2) is 72.8 Å². The molecule has 1 amide bonds. The fraction of sp³-hybridized carbons (Fsp3) is 0.321. The first-order chi connectivity index (χ1) is 16.3. The van der Waals surface area contributed by atoms with Crippen molar-refractivity contribution in [2.75, 3.05) is 10.6 Å². The number of hydrogen-bond acceptors (Lipinski definition) is 3. The standard InChI is InChI=1S/C28H32N2O3S/c1-3-27(25-18-17-22-9-7-8-10-24(22)19-25)29-28(31)23-15-13-21(14-16-23)20-30(34(2,32)33)26-11-5-4-6-12-26/h4-6,11-19,27H,3,7-10,20H2,1-2H3,(H,29,31)/t27-/m1/s1. The molecule has 0 saturated heterocycles. The second kappa shape index (κ2) is 10.4. The number of carbonyl (C=O) groups is 1. The Balaban J connectivity index is 1.46. The van der Waals surface area contributed by atoms with Crippen LogP contribution in [-0.4, -0.2) is 20.6 Å². The lowest BCUT2D eigenvalue weighted by atomic mass is 9.88. The van der Waals surface area contributed by atoms with Crippen molar-refractivity contribution in [2.45, 2.75) is 51.6 Å². The second-order valence-electron chi connectivity index (χ2n) is 8.97. The molecular formula is C28H32N2O3S. The van der Waals surface area contributed by atoms with E-state index < -0.39 is 10.0 Å². The number of fused-ring (bicyclic) bond motifs is 1. The maximum absolute atomic E-state index is 13.0. The Bertz CT molecular complexity index is 1240. The van der Waals surface area contributed by atoms with Gasteiger partial charge >= 0.3 is 0 Å². The van der Waals surface area contributed by atoms with Crippen LogP contribution in [0.1, 0.15) is 64.8 Å². The highest BCUT2D eigenvalue weighted by Gasteiger charge is 2.19. The summed E-state index contributed by atoms with van der Waals surface area (Å²) in [6, 6.07) is 22.7. The molecule has 4 rings (SSSR count). The van der Waals surface area contributed by atoms with E-state index in [1.165, 1.54) is 34.5 Å². The number of nitrogens with zero attached hydrogens (tertiary/aromatic N) is 1. The number of carbonyl (C=O) groups excluding carboxylic acids is 1. The zero-order valence-corrected chi connectivity index (χ0v) is 20.6. The van der Waals surface area contributed by atoms with Gasteiger partial charge in [0.05, 0.1) is 24.5 Å². The second-order valence-corrected chi connectivity index (χ2v) is 10.9. The summed E-state index contributed by atoms with van der Waals surface area (Å²) >= 11 is 0. The number of benzene rings is 3. The number of hydrogen-bond donors (Lipinski definition) is 1. The molecule has 0 spiro atoms. The highest BCUT2D eigenvalue weighted by Crippen LogP contribution is 2.26. The SMILES string of the molecule is CC[C@@H](NC(=O)c1ccc(CN(c2ccccc2)S(C)(=O)=O)cc1)c1ccc2c(c1)CCCC2. The van der Waals surface area contributed by atoms with Crippen molar-refractivity contribution in [1.29, 1.82) is 0 Å². The van der Waals surface area contributed by atoms with Gasteiger partial charge in [0.25, 0.3) is 5.91 Å². The molecule has 6 heteroatoms. The minimum atomic E-state index is -3.45. The van der Waals surface area contributed by atoms with Crippen molar-refractivity contribution >= 4 is 21.6 Å². The Morgan fingerprint density at radius 3 is 2.26 bits per heavy atom. The largest absolute Gasteiger partial charge is 0.345 e. The van der Waals surface area contributed by atoms with E-state index in [0.717, 1.165) is 30.4 Å². The molecule has 1 aliphatic carbocycles. The Labute approximate surface area is 202 Å². The minimum Gasteiger partial charge on any atom is -0.345 e. The molecular weight excluding hydrogens is 444 g/mol. The zero-order chi connectivity index (χ0) is 24.1. The predicted octanol–water partition coefficient (Wildman–Crippen LogP) is 5.41. The molecule has 0 fully saturated rings. The Morgan fingerprint density at radius 2 is 1.62 bits per heavy atom. The molecule has 3 aromatic rings. The first-order valence-electron chi connectivity index (χ1n) is 11.9. The van der Waals surface area contributed by atoms with Gasteiger partial charge in [0.2, 0.25) is 10.0 Å². The van der Waals surface area contributed by atoms with Crippen molar-refractivity contribution in [1.82, 2.24) is 5.32 Å². The van der Waals surface area contributed by atoms with Crippen LogP contribution < -0.4 is 9.62 Å². The minimum absolute atomic E-state index is 0.0433. The molecule has 1 N–H and O–H groups in total. The lowest BCUT2D eigenvalue weighted by molar-refractivity contribution is 0.0935. The summed E-state index contributed by atoms with van der Waals surface area (Å²) in [4.78, 5) is 13.0. The number of para-hydroxylation sites is 1. The summed E-state index contributed by atoms with van der Waals surface area (Å²) in [5, 5.41) is 3.17. The van der Waals surface area contributed by atoms with Crippen LogP contribution in [0.3, 0.4) is 0 Å². The summed E-state index contributed by atoms with van der Waals surface area (Å²) < 4.78 is 26.1. The molecule has 0 saturated carbocycles. The summed E-state index contributed by atoms with van der Waals surface area (Å²) in [5.74, 6) is -0.126. The van der Waals surface area contributed by atoms with Gasteiger partial charge in [0.1, 0.15) is 0 Å². The fourth-order valence-electron chi connectivity index (χ4n) is 4.55. The third-order valence-electron chi connectivity index (χ3n) is 6.48. The molecule has 0 aromatic heterocycles. The third kappa shape index (κ3) is 5.68. The third-order valence-corrected chi connectivity index (χ3v) is 7.62. The van der Waals surface area contributed by atoms with E-state index in [2.05, 4.69) is 30.4 Å². The quantitative estimate of drug-likeness (QED) is 0.473. The van der Waals surface area contributed by atoms with Crippen molar-refractivity contribution < 1.29 is 13.2 Å². The first kappa shape index (κ1) is 24.0. The van der Waals surface area contributed by atoms with Gasteiger partial charge in [0, 0.05) is 5.56 Å². The molecule has 1 aliphatic rings. The lowest BCUT2D eigenvalue weighted by Crippen LogP contribution is -2.29. The van der Waals surface area contributed by atoms with Crippen LogP contribution in [0.4, 0.5) is 5.69 Å². The monoisotopic (exact) mass is 476 g/mol. The van der Waals surface area contributed by atoms with Gasteiger partial charge in [0.15, 0.2) is 0 Å². The average Bonchev–Trinajstić information content (AvgIpc) is 2.85.